The Morgan fingerprint density at radius 2 is 2.10 bits per heavy atom. The second-order valence-corrected chi connectivity index (χ2v) is 5.55. The third-order valence-electron chi connectivity index (χ3n) is 3.90. The molecule has 1 amide bonds. The Balaban J connectivity index is 1.97. The van der Waals surface area contributed by atoms with E-state index in [9.17, 15) is 9.59 Å². The molecule has 1 heterocycles. The molecule has 1 aromatic carbocycles. The molecule has 4 heteroatoms. The first-order valence-electron chi connectivity index (χ1n) is 7.15. The number of amides is 1. The van der Waals surface area contributed by atoms with Crippen LogP contribution in [0.25, 0.3) is 0 Å². The van der Waals surface area contributed by atoms with E-state index >= 15 is 0 Å². The van der Waals surface area contributed by atoms with Crippen molar-refractivity contribution in [2.45, 2.75) is 26.7 Å². The number of carbonyl (C=O) groups excluding carboxylic acids is 2. The van der Waals surface area contributed by atoms with E-state index in [0.717, 1.165) is 55.6 Å². The van der Waals surface area contributed by atoms with E-state index < -0.39 is 0 Å². The second-order valence-electron chi connectivity index (χ2n) is 5.55. The summed E-state index contributed by atoms with van der Waals surface area (Å²) in [7, 11) is 0. The minimum Gasteiger partial charge on any atom is -0.371 e. The van der Waals surface area contributed by atoms with Crippen LogP contribution in [-0.4, -0.2) is 31.8 Å². The summed E-state index contributed by atoms with van der Waals surface area (Å²) in [4.78, 5) is 24.4. The number of anilines is 1. The van der Waals surface area contributed by atoms with E-state index in [2.05, 4.69) is 10.2 Å². The van der Waals surface area contributed by atoms with Gasteiger partial charge in [0, 0.05) is 37.8 Å². The highest BCUT2D eigenvalue weighted by Gasteiger charge is 2.21. The quantitative estimate of drug-likeness (QED) is 0.856. The van der Waals surface area contributed by atoms with E-state index in [1.54, 1.807) is 6.92 Å². The molecule has 0 saturated carbocycles. The van der Waals surface area contributed by atoms with Crippen LogP contribution in [0.2, 0.25) is 0 Å². The zero-order valence-corrected chi connectivity index (χ0v) is 12.2. The Kier molecular flexibility index (Phi) is 4.77. The van der Waals surface area contributed by atoms with Crippen LogP contribution >= 0.6 is 0 Å². The molecule has 1 saturated heterocycles. The maximum absolute atomic E-state index is 11.2. The molecule has 1 fully saturated rings. The van der Waals surface area contributed by atoms with Crippen LogP contribution in [0.5, 0.6) is 0 Å². The summed E-state index contributed by atoms with van der Waals surface area (Å²) < 4.78 is 0. The molecule has 0 bridgehead atoms. The van der Waals surface area contributed by atoms with Gasteiger partial charge in [0.05, 0.1) is 0 Å². The molecule has 4 nitrogen and oxygen atoms in total. The van der Waals surface area contributed by atoms with Gasteiger partial charge in [-0.15, -0.1) is 0 Å². The first-order chi connectivity index (χ1) is 9.60. The average Bonchev–Trinajstić information content (AvgIpc) is 2.45. The van der Waals surface area contributed by atoms with Crippen molar-refractivity contribution < 1.29 is 9.59 Å². The molecule has 108 valence electrons. The van der Waals surface area contributed by atoms with Crippen molar-refractivity contribution in [1.82, 2.24) is 5.32 Å². The standard InChI is InChI=1S/C16H22N2O2/c1-12-3-4-16(15(9-12)11-19)18-7-5-14(6-8-18)10-17-13(2)20/h3-4,9,11,14H,5-8,10H2,1-2H3,(H,17,20). The zero-order chi connectivity index (χ0) is 14.5. The second kappa shape index (κ2) is 6.55. The van der Waals surface area contributed by atoms with Gasteiger partial charge in [0.25, 0.3) is 0 Å². The third-order valence-corrected chi connectivity index (χ3v) is 3.90. The van der Waals surface area contributed by atoms with Crippen molar-refractivity contribution in [2.24, 2.45) is 5.92 Å². The van der Waals surface area contributed by atoms with Gasteiger partial charge in [-0.2, -0.15) is 0 Å². The predicted molar refractivity (Wildman–Crippen MR) is 80.2 cm³/mol. The maximum Gasteiger partial charge on any atom is 0.216 e. The highest BCUT2D eigenvalue weighted by atomic mass is 16.1. The monoisotopic (exact) mass is 274 g/mol. The summed E-state index contributed by atoms with van der Waals surface area (Å²) in [5.41, 5.74) is 2.91. The first-order valence-corrected chi connectivity index (χ1v) is 7.15. The van der Waals surface area contributed by atoms with Crippen molar-refractivity contribution in [2.75, 3.05) is 24.5 Å². The smallest absolute Gasteiger partial charge is 0.216 e. The van der Waals surface area contributed by atoms with Crippen molar-refractivity contribution in [3.05, 3.63) is 29.3 Å². The van der Waals surface area contributed by atoms with Gasteiger partial charge in [0.1, 0.15) is 0 Å². The number of carbonyl (C=O) groups is 2. The average molecular weight is 274 g/mol. The SMILES string of the molecule is CC(=O)NCC1CCN(c2ccc(C)cc2C=O)CC1. The minimum absolute atomic E-state index is 0.0363. The molecule has 1 aromatic rings. The number of hydrogen-bond acceptors (Lipinski definition) is 3. The van der Waals surface area contributed by atoms with E-state index in [4.69, 9.17) is 0 Å². The van der Waals surface area contributed by atoms with Gasteiger partial charge in [-0.3, -0.25) is 9.59 Å². The number of hydrogen-bond donors (Lipinski definition) is 1. The molecule has 1 aliphatic rings. The van der Waals surface area contributed by atoms with Crippen LogP contribution in [0.3, 0.4) is 0 Å². The van der Waals surface area contributed by atoms with Crippen molar-refractivity contribution in [3.63, 3.8) is 0 Å². The Labute approximate surface area is 120 Å². The van der Waals surface area contributed by atoms with E-state index in [-0.39, 0.29) is 5.91 Å². The minimum atomic E-state index is 0.0363. The molecular formula is C16H22N2O2. The molecule has 0 aliphatic carbocycles. The maximum atomic E-state index is 11.2. The van der Waals surface area contributed by atoms with Crippen LogP contribution in [0.1, 0.15) is 35.7 Å². The Morgan fingerprint density at radius 3 is 2.70 bits per heavy atom. The van der Waals surface area contributed by atoms with Gasteiger partial charge in [-0.1, -0.05) is 11.6 Å². The molecule has 2 rings (SSSR count). The van der Waals surface area contributed by atoms with Gasteiger partial charge in [0.2, 0.25) is 5.91 Å². The Morgan fingerprint density at radius 1 is 1.40 bits per heavy atom. The lowest BCUT2D eigenvalue weighted by Gasteiger charge is -2.34. The number of aldehydes is 1. The van der Waals surface area contributed by atoms with Crippen LogP contribution < -0.4 is 10.2 Å². The largest absolute Gasteiger partial charge is 0.371 e. The van der Waals surface area contributed by atoms with Gasteiger partial charge in [0.15, 0.2) is 6.29 Å². The number of rotatable bonds is 4. The molecule has 1 aliphatic heterocycles. The molecule has 1 N–H and O–H groups in total. The molecular weight excluding hydrogens is 252 g/mol. The topological polar surface area (TPSA) is 49.4 Å². The van der Waals surface area contributed by atoms with Crippen molar-refractivity contribution in [1.29, 1.82) is 0 Å². The van der Waals surface area contributed by atoms with E-state index in [0.29, 0.717) is 5.92 Å². The predicted octanol–water partition coefficient (Wildman–Crippen LogP) is 2.16. The lowest BCUT2D eigenvalue weighted by molar-refractivity contribution is -0.119. The molecule has 0 aromatic heterocycles. The summed E-state index contributed by atoms with van der Waals surface area (Å²) in [6, 6.07) is 6.02. The van der Waals surface area contributed by atoms with E-state index in [1.807, 2.05) is 25.1 Å². The Hall–Kier alpha value is -1.84. The van der Waals surface area contributed by atoms with Crippen LogP contribution in [0, 0.1) is 12.8 Å². The van der Waals surface area contributed by atoms with Gasteiger partial charge < -0.3 is 10.2 Å². The van der Waals surface area contributed by atoms with Crippen LogP contribution in [0.4, 0.5) is 5.69 Å². The summed E-state index contributed by atoms with van der Waals surface area (Å²) in [5.74, 6) is 0.578. The fraction of sp³-hybridized carbons (Fsp3) is 0.500. The number of benzene rings is 1. The summed E-state index contributed by atoms with van der Waals surface area (Å²) in [5, 5.41) is 2.89. The molecule has 0 spiro atoms. The lowest BCUT2D eigenvalue weighted by atomic mass is 9.95. The number of nitrogens with zero attached hydrogens (tertiary/aromatic N) is 1. The fourth-order valence-electron chi connectivity index (χ4n) is 2.72. The summed E-state index contributed by atoms with van der Waals surface area (Å²) in [6.45, 7) is 6.19. The Bertz CT molecular complexity index is 491. The highest BCUT2D eigenvalue weighted by molar-refractivity contribution is 5.85. The summed E-state index contributed by atoms with van der Waals surface area (Å²) >= 11 is 0. The molecule has 20 heavy (non-hydrogen) atoms. The lowest BCUT2D eigenvalue weighted by Crippen LogP contribution is -2.38. The summed E-state index contributed by atoms with van der Waals surface area (Å²) in [6.07, 6.45) is 3.03. The van der Waals surface area contributed by atoms with Crippen molar-refractivity contribution >= 4 is 17.9 Å². The van der Waals surface area contributed by atoms with Gasteiger partial charge in [-0.25, -0.2) is 0 Å². The first kappa shape index (κ1) is 14.6. The number of piperidine rings is 1. The third kappa shape index (κ3) is 3.59. The number of aryl methyl sites for hydroxylation is 1. The molecule has 0 atom stereocenters. The van der Waals surface area contributed by atoms with Crippen LogP contribution in [-0.2, 0) is 4.79 Å². The normalized spacial score (nSPS) is 16.0. The molecule has 0 unspecified atom stereocenters. The van der Waals surface area contributed by atoms with Crippen LogP contribution in [0.15, 0.2) is 18.2 Å². The highest BCUT2D eigenvalue weighted by Crippen LogP contribution is 2.26. The zero-order valence-electron chi connectivity index (χ0n) is 12.2. The number of nitrogens with one attached hydrogen (secondary N) is 1. The van der Waals surface area contributed by atoms with E-state index in [1.165, 1.54) is 0 Å². The molecule has 0 radical (unpaired) electrons. The fourth-order valence-corrected chi connectivity index (χ4v) is 2.72. The van der Waals surface area contributed by atoms with Gasteiger partial charge >= 0.3 is 0 Å². The van der Waals surface area contributed by atoms with Gasteiger partial charge in [-0.05, 0) is 37.8 Å². The van der Waals surface area contributed by atoms with Crippen molar-refractivity contribution in [3.8, 4) is 0 Å².